The van der Waals surface area contributed by atoms with Crippen molar-refractivity contribution in [3.05, 3.63) is 48.3 Å². The Morgan fingerprint density at radius 1 is 1.35 bits per heavy atom. The number of H-pyrrole nitrogens is 1. The second kappa shape index (κ2) is 6.35. The number of rotatable bonds is 5. The number of carbonyl (C=O) groups excluding carboxylic acids is 2. The van der Waals surface area contributed by atoms with Gasteiger partial charge in [-0.15, -0.1) is 0 Å². The number of carbonyl (C=O) groups is 2. The third-order valence-corrected chi connectivity index (χ3v) is 3.76. The number of benzene rings is 1. The zero-order valence-corrected chi connectivity index (χ0v) is 12.4. The summed E-state index contributed by atoms with van der Waals surface area (Å²) in [5.41, 5.74) is 10.1. The Bertz CT molecular complexity index is 777. The molecule has 23 heavy (non-hydrogen) atoms. The highest BCUT2D eigenvalue weighted by Crippen LogP contribution is 2.17. The Morgan fingerprint density at radius 3 is 2.96 bits per heavy atom. The number of fused-ring (bicyclic) bond motifs is 1. The number of aromatic amines is 1. The van der Waals surface area contributed by atoms with Gasteiger partial charge in [0.15, 0.2) is 0 Å². The summed E-state index contributed by atoms with van der Waals surface area (Å²) < 4.78 is 0. The van der Waals surface area contributed by atoms with E-state index in [9.17, 15) is 9.59 Å². The molecule has 2 heterocycles. The molecule has 0 radical (unpaired) electrons. The van der Waals surface area contributed by atoms with E-state index >= 15 is 0 Å². The van der Waals surface area contributed by atoms with Crippen LogP contribution in [0.1, 0.15) is 18.4 Å². The summed E-state index contributed by atoms with van der Waals surface area (Å²) in [4.78, 5) is 26.4. The maximum absolute atomic E-state index is 11.8. The summed E-state index contributed by atoms with van der Waals surface area (Å²) in [6.07, 6.45) is 4.02. The molecule has 1 atom stereocenters. The topological polar surface area (TPSA) is 98.4 Å². The van der Waals surface area contributed by atoms with Gasteiger partial charge in [-0.05, 0) is 12.5 Å². The number of amides is 2. The number of hydrazone groups is 1. The van der Waals surface area contributed by atoms with Crippen molar-refractivity contribution in [1.29, 1.82) is 0 Å². The van der Waals surface area contributed by atoms with Gasteiger partial charge in [0.2, 0.25) is 11.8 Å². The largest absolute Gasteiger partial charge is 0.361 e. The summed E-state index contributed by atoms with van der Waals surface area (Å²) in [5, 5.41) is 5.00. The van der Waals surface area contributed by atoms with Crippen LogP contribution < -0.4 is 16.3 Å². The van der Waals surface area contributed by atoms with E-state index in [0.717, 1.165) is 16.5 Å². The fourth-order valence-electron chi connectivity index (χ4n) is 2.49. The molecule has 1 fully saturated rings. The van der Waals surface area contributed by atoms with Crippen LogP contribution in [0.2, 0.25) is 0 Å². The molecule has 0 spiro atoms. The van der Waals surface area contributed by atoms with Gasteiger partial charge in [0, 0.05) is 34.8 Å². The maximum atomic E-state index is 11.8. The highest BCUT2D eigenvalue weighted by Gasteiger charge is 2.27. The Morgan fingerprint density at radius 2 is 2.17 bits per heavy atom. The summed E-state index contributed by atoms with van der Waals surface area (Å²) in [6, 6.07) is 7.84. The molecule has 4 N–H and O–H groups in total. The van der Waals surface area contributed by atoms with E-state index in [1.165, 1.54) is 0 Å². The van der Waals surface area contributed by atoms with Crippen LogP contribution in [0.4, 0.5) is 0 Å². The number of hydrogen-bond acceptors (Lipinski definition) is 4. The van der Waals surface area contributed by atoms with Crippen LogP contribution in [0.3, 0.4) is 0 Å². The number of nitrogens with one attached hydrogen (secondary N) is 4. The normalized spacial score (nSPS) is 17.5. The lowest BCUT2D eigenvalue weighted by Crippen LogP contribution is -2.26. The smallest absolute Gasteiger partial charge is 0.247 e. The molecule has 0 aliphatic carbocycles. The second-order valence-corrected chi connectivity index (χ2v) is 5.31. The van der Waals surface area contributed by atoms with Crippen molar-refractivity contribution >= 4 is 28.9 Å². The number of hydrogen-bond donors (Lipinski definition) is 4. The van der Waals surface area contributed by atoms with Crippen LogP contribution in [0.5, 0.6) is 0 Å². The molecule has 7 heteroatoms. The van der Waals surface area contributed by atoms with Crippen LogP contribution in [0.25, 0.3) is 10.9 Å². The first-order chi connectivity index (χ1) is 11.1. The van der Waals surface area contributed by atoms with Gasteiger partial charge >= 0.3 is 0 Å². The first-order valence-corrected chi connectivity index (χ1v) is 7.28. The van der Waals surface area contributed by atoms with E-state index < -0.39 is 0 Å². The maximum Gasteiger partial charge on any atom is 0.247 e. The predicted molar refractivity (Wildman–Crippen MR) is 87.2 cm³/mol. The highest BCUT2D eigenvalue weighted by molar-refractivity contribution is 5.99. The van der Waals surface area contributed by atoms with Gasteiger partial charge in [0.05, 0.1) is 12.1 Å². The molecule has 0 saturated carbocycles. The fourth-order valence-corrected chi connectivity index (χ4v) is 2.49. The van der Waals surface area contributed by atoms with E-state index in [1.807, 2.05) is 30.5 Å². The van der Waals surface area contributed by atoms with E-state index in [0.29, 0.717) is 12.1 Å². The van der Waals surface area contributed by atoms with Gasteiger partial charge in [-0.25, -0.2) is 5.43 Å². The van der Waals surface area contributed by atoms with Crippen LogP contribution >= 0.6 is 0 Å². The Labute approximate surface area is 132 Å². The van der Waals surface area contributed by atoms with Crippen LogP contribution in [-0.2, 0) is 9.59 Å². The first-order valence-electron chi connectivity index (χ1n) is 7.28. The second-order valence-electron chi connectivity index (χ2n) is 5.31. The molecule has 7 nitrogen and oxygen atoms in total. The van der Waals surface area contributed by atoms with E-state index in [1.54, 1.807) is 6.21 Å². The lowest BCUT2D eigenvalue weighted by atomic mass is 10.0. The number of nitrogens with zero attached hydrogens (tertiary/aromatic N) is 1. The molecule has 1 saturated heterocycles. The van der Waals surface area contributed by atoms with Gasteiger partial charge in [-0.3, -0.25) is 15.0 Å². The fraction of sp³-hybridized carbons (Fsp3) is 0.188. The SMILES string of the molecule is C=C1NNC(=O)C1CCC(=O)N/N=C/c1c[nH]c2ccccc12. The monoisotopic (exact) mass is 311 g/mol. The molecular weight excluding hydrogens is 294 g/mol. The molecule has 1 aromatic carbocycles. The first kappa shape index (κ1) is 14.8. The summed E-state index contributed by atoms with van der Waals surface area (Å²) in [7, 11) is 0. The minimum atomic E-state index is -0.377. The van der Waals surface area contributed by atoms with E-state index in [-0.39, 0.29) is 24.2 Å². The standard InChI is InChI=1S/C16H17N5O2/c1-10-12(16(23)21-19-10)6-7-15(22)20-18-9-11-8-17-14-5-3-2-4-13(11)14/h2-5,8-9,12,17,19H,1,6-7H2,(H,20,22)(H,21,23)/b18-9+. The molecule has 2 aromatic rings. The minimum absolute atomic E-state index is 0.162. The van der Waals surface area contributed by atoms with Crippen molar-refractivity contribution in [1.82, 2.24) is 21.3 Å². The Kier molecular flexibility index (Phi) is 4.09. The van der Waals surface area contributed by atoms with Crippen molar-refractivity contribution in [2.75, 3.05) is 0 Å². The molecule has 0 bridgehead atoms. The van der Waals surface area contributed by atoms with Gasteiger partial charge in [-0.2, -0.15) is 5.10 Å². The highest BCUT2D eigenvalue weighted by atomic mass is 16.2. The van der Waals surface area contributed by atoms with Gasteiger partial charge in [0.1, 0.15) is 0 Å². The molecule has 1 unspecified atom stereocenters. The number of hydrazine groups is 1. The molecule has 2 amide bonds. The summed E-state index contributed by atoms with van der Waals surface area (Å²) in [6.45, 7) is 3.73. The van der Waals surface area contributed by atoms with Gasteiger partial charge < -0.3 is 10.4 Å². The quantitative estimate of drug-likeness (QED) is 0.492. The van der Waals surface area contributed by atoms with Gasteiger partial charge in [-0.1, -0.05) is 24.8 Å². The molecule has 1 aromatic heterocycles. The van der Waals surface area contributed by atoms with Crippen LogP contribution in [0.15, 0.2) is 47.8 Å². The zero-order chi connectivity index (χ0) is 16.2. The van der Waals surface area contributed by atoms with Crippen LogP contribution in [-0.4, -0.2) is 23.0 Å². The van der Waals surface area contributed by atoms with E-state index in [4.69, 9.17) is 0 Å². The van der Waals surface area contributed by atoms with Gasteiger partial charge in [0.25, 0.3) is 0 Å². The third-order valence-electron chi connectivity index (χ3n) is 3.76. The zero-order valence-electron chi connectivity index (χ0n) is 12.4. The van der Waals surface area contributed by atoms with Crippen molar-refractivity contribution in [3.8, 4) is 0 Å². The lowest BCUT2D eigenvalue weighted by molar-refractivity contribution is -0.123. The third kappa shape index (κ3) is 3.23. The molecule has 3 rings (SSSR count). The van der Waals surface area contributed by atoms with Crippen molar-refractivity contribution in [2.24, 2.45) is 11.0 Å². The predicted octanol–water partition coefficient (Wildman–Crippen LogP) is 1.16. The molecule has 1 aliphatic rings. The van der Waals surface area contributed by atoms with Crippen molar-refractivity contribution in [2.45, 2.75) is 12.8 Å². The Balaban J connectivity index is 1.52. The number of para-hydroxylation sites is 1. The summed E-state index contributed by atoms with van der Waals surface area (Å²) in [5.74, 6) is -0.781. The van der Waals surface area contributed by atoms with Crippen molar-refractivity contribution < 1.29 is 9.59 Å². The average Bonchev–Trinajstić information content (AvgIpc) is 3.10. The average molecular weight is 311 g/mol. The summed E-state index contributed by atoms with van der Waals surface area (Å²) >= 11 is 0. The molecule has 118 valence electrons. The Hall–Kier alpha value is -3.09. The van der Waals surface area contributed by atoms with Crippen LogP contribution in [0, 0.1) is 5.92 Å². The molecule has 1 aliphatic heterocycles. The number of aromatic nitrogens is 1. The molecular formula is C16H17N5O2. The van der Waals surface area contributed by atoms with Crippen molar-refractivity contribution in [3.63, 3.8) is 0 Å². The minimum Gasteiger partial charge on any atom is -0.361 e. The lowest BCUT2D eigenvalue weighted by Gasteiger charge is -2.05. The van der Waals surface area contributed by atoms with E-state index in [2.05, 4.69) is 32.9 Å².